The molecular formula is C14H18N2O3S. The van der Waals surface area contributed by atoms with Gasteiger partial charge in [-0.2, -0.15) is 0 Å². The van der Waals surface area contributed by atoms with Gasteiger partial charge in [0, 0.05) is 18.2 Å². The van der Waals surface area contributed by atoms with Crippen LogP contribution in [0.15, 0.2) is 18.2 Å². The third kappa shape index (κ3) is 3.19. The van der Waals surface area contributed by atoms with Crippen LogP contribution in [0, 0.1) is 0 Å². The van der Waals surface area contributed by atoms with Crippen molar-refractivity contribution in [1.29, 1.82) is 0 Å². The van der Waals surface area contributed by atoms with Crippen molar-refractivity contribution in [3.8, 4) is 11.5 Å². The van der Waals surface area contributed by atoms with E-state index in [0.29, 0.717) is 13.3 Å². The van der Waals surface area contributed by atoms with Crippen LogP contribution in [0.5, 0.6) is 11.5 Å². The Morgan fingerprint density at radius 2 is 2.30 bits per heavy atom. The second-order valence-corrected chi connectivity index (χ2v) is 5.88. The third-order valence-electron chi connectivity index (χ3n) is 3.41. The minimum absolute atomic E-state index is 0.0226. The molecule has 1 amide bonds. The Morgan fingerprint density at radius 1 is 1.40 bits per heavy atom. The van der Waals surface area contributed by atoms with E-state index in [-0.39, 0.29) is 11.9 Å². The predicted molar refractivity (Wildman–Crippen MR) is 78.1 cm³/mol. The summed E-state index contributed by atoms with van der Waals surface area (Å²) in [6.07, 6.45) is 1.84. The van der Waals surface area contributed by atoms with Crippen LogP contribution in [-0.2, 0) is 11.2 Å². The van der Waals surface area contributed by atoms with E-state index in [1.54, 1.807) is 11.8 Å². The second kappa shape index (κ2) is 6.37. The maximum atomic E-state index is 11.8. The van der Waals surface area contributed by atoms with Crippen molar-refractivity contribution in [1.82, 2.24) is 10.6 Å². The summed E-state index contributed by atoms with van der Waals surface area (Å²) in [7, 11) is 0. The van der Waals surface area contributed by atoms with Crippen LogP contribution in [0.2, 0.25) is 0 Å². The first-order valence-corrected chi connectivity index (χ1v) is 7.96. The molecule has 1 unspecified atom stereocenters. The first-order valence-electron chi connectivity index (χ1n) is 6.80. The lowest BCUT2D eigenvalue weighted by Gasteiger charge is -2.10. The highest BCUT2D eigenvalue weighted by molar-refractivity contribution is 7.99. The van der Waals surface area contributed by atoms with Crippen LogP contribution in [0.25, 0.3) is 0 Å². The molecule has 0 saturated carbocycles. The van der Waals surface area contributed by atoms with Gasteiger partial charge in [-0.15, -0.1) is 11.8 Å². The Hall–Kier alpha value is -1.40. The minimum Gasteiger partial charge on any atom is -0.454 e. The quantitative estimate of drug-likeness (QED) is 0.797. The Balaban J connectivity index is 1.40. The Morgan fingerprint density at radius 3 is 3.15 bits per heavy atom. The van der Waals surface area contributed by atoms with E-state index in [9.17, 15) is 4.79 Å². The van der Waals surface area contributed by atoms with E-state index in [1.165, 1.54) is 5.56 Å². The zero-order valence-corrected chi connectivity index (χ0v) is 12.0. The highest BCUT2D eigenvalue weighted by atomic mass is 32.2. The number of hydrogen-bond donors (Lipinski definition) is 2. The van der Waals surface area contributed by atoms with Gasteiger partial charge in [-0.25, -0.2) is 0 Å². The molecule has 1 saturated heterocycles. The molecule has 1 atom stereocenters. The fourth-order valence-corrected chi connectivity index (χ4v) is 3.23. The van der Waals surface area contributed by atoms with Crippen molar-refractivity contribution in [3.05, 3.63) is 23.8 Å². The van der Waals surface area contributed by atoms with Gasteiger partial charge in [0.25, 0.3) is 0 Å². The maximum Gasteiger partial charge on any atom is 0.238 e. The number of nitrogens with one attached hydrogen (secondary N) is 2. The van der Waals surface area contributed by atoms with Crippen molar-refractivity contribution in [3.63, 3.8) is 0 Å². The highest BCUT2D eigenvalue weighted by Crippen LogP contribution is 2.32. The Labute approximate surface area is 122 Å². The maximum absolute atomic E-state index is 11.8. The van der Waals surface area contributed by atoms with Crippen molar-refractivity contribution >= 4 is 17.7 Å². The summed E-state index contributed by atoms with van der Waals surface area (Å²) in [5.74, 6) is 3.48. The Bertz CT molecular complexity index is 489. The number of fused-ring (bicyclic) bond motifs is 1. The molecule has 108 valence electrons. The molecule has 0 aliphatic carbocycles. The van der Waals surface area contributed by atoms with E-state index in [0.717, 1.165) is 36.0 Å². The van der Waals surface area contributed by atoms with Crippen LogP contribution in [0.4, 0.5) is 0 Å². The summed E-state index contributed by atoms with van der Waals surface area (Å²) < 4.78 is 10.6. The molecule has 3 rings (SSSR count). The van der Waals surface area contributed by atoms with Crippen LogP contribution in [-0.4, -0.2) is 36.9 Å². The summed E-state index contributed by atoms with van der Waals surface area (Å²) >= 11 is 1.76. The molecule has 6 heteroatoms. The van der Waals surface area contributed by atoms with Crippen molar-refractivity contribution < 1.29 is 14.3 Å². The lowest BCUT2D eigenvalue weighted by Crippen LogP contribution is -2.42. The van der Waals surface area contributed by atoms with Gasteiger partial charge in [-0.05, 0) is 30.5 Å². The molecule has 1 aromatic rings. The van der Waals surface area contributed by atoms with Gasteiger partial charge in [0.05, 0.1) is 6.04 Å². The van der Waals surface area contributed by atoms with Gasteiger partial charge in [0.15, 0.2) is 11.5 Å². The van der Waals surface area contributed by atoms with Gasteiger partial charge in [0.1, 0.15) is 0 Å². The fourth-order valence-electron chi connectivity index (χ4n) is 2.29. The molecule has 1 fully saturated rings. The normalized spacial score (nSPS) is 20.1. The molecule has 0 aromatic heterocycles. The van der Waals surface area contributed by atoms with Crippen LogP contribution in [0.1, 0.15) is 12.0 Å². The van der Waals surface area contributed by atoms with Gasteiger partial charge in [0.2, 0.25) is 12.7 Å². The minimum atomic E-state index is -0.0226. The number of rotatable bonds is 5. The molecule has 2 aliphatic rings. The molecule has 20 heavy (non-hydrogen) atoms. The smallest absolute Gasteiger partial charge is 0.238 e. The largest absolute Gasteiger partial charge is 0.454 e. The number of amides is 1. The molecule has 0 spiro atoms. The number of benzene rings is 1. The predicted octanol–water partition coefficient (Wildman–Crippen LogP) is 1.13. The molecule has 0 radical (unpaired) electrons. The lowest BCUT2D eigenvalue weighted by molar-refractivity contribution is -0.122. The highest BCUT2D eigenvalue weighted by Gasteiger charge is 2.21. The van der Waals surface area contributed by atoms with Crippen molar-refractivity contribution in [2.45, 2.75) is 18.9 Å². The first kappa shape index (κ1) is 13.6. The van der Waals surface area contributed by atoms with Crippen LogP contribution < -0.4 is 20.1 Å². The molecule has 2 heterocycles. The average Bonchev–Trinajstić information content (AvgIpc) is 3.13. The topological polar surface area (TPSA) is 59.6 Å². The number of carbonyl (C=O) groups excluding carboxylic acids is 1. The molecule has 1 aromatic carbocycles. The van der Waals surface area contributed by atoms with E-state index in [1.807, 2.05) is 18.2 Å². The van der Waals surface area contributed by atoms with E-state index >= 15 is 0 Å². The lowest BCUT2D eigenvalue weighted by atomic mass is 10.1. The summed E-state index contributed by atoms with van der Waals surface area (Å²) in [6.45, 7) is 1.01. The number of thioether (sulfide) groups is 1. The van der Waals surface area contributed by atoms with Crippen LogP contribution >= 0.6 is 11.8 Å². The second-order valence-electron chi connectivity index (χ2n) is 4.85. The van der Waals surface area contributed by atoms with Gasteiger partial charge in [-0.1, -0.05) is 6.07 Å². The van der Waals surface area contributed by atoms with E-state index < -0.39 is 0 Å². The van der Waals surface area contributed by atoms with Gasteiger partial charge >= 0.3 is 0 Å². The fraction of sp³-hybridized carbons (Fsp3) is 0.500. The first-order chi connectivity index (χ1) is 9.83. The molecule has 0 bridgehead atoms. The SMILES string of the molecule is O=C(NCCCc1ccc2c(c1)OCO2)C1CSCN1. The van der Waals surface area contributed by atoms with E-state index in [4.69, 9.17) is 9.47 Å². The molecule has 2 N–H and O–H groups in total. The summed E-state index contributed by atoms with van der Waals surface area (Å²) in [5, 5.41) is 6.14. The molecular weight excluding hydrogens is 276 g/mol. The standard InChI is InChI=1S/C14H18N2O3S/c17-14(11-7-20-8-16-11)15-5-1-2-10-3-4-12-13(6-10)19-9-18-12/h3-4,6,11,16H,1-2,5,7-9H2,(H,15,17). The number of hydrogen-bond acceptors (Lipinski definition) is 5. The summed E-state index contributed by atoms with van der Waals surface area (Å²) in [4.78, 5) is 11.8. The van der Waals surface area contributed by atoms with Crippen LogP contribution in [0.3, 0.4) is 0 Å². The van der Waals surface area contributed by atoms with Crippen molar-refractivity contribution in [2.24, 2.45) is 0 Å². The zero-order valence-electron chi connectivity index (χ0n) is 11.2. The third-order valence-corrected chi connectivity index (χ3v) is 4.35. The van der Waals surface area contributed by atoms with Gasteiger partial charge in [-0.3, -0.25) is 10.1 Å². The number of ether oxygens (including phenoxy) is 2. The van der Waals surface area contributed by atoms with Gasteiger partial charge < -0.3 is 14.8 Å². The zero-order chi connectivity index (χ0) is 13.8. The summed E-state index contributed by atoms with van der Waals surface area (Å²) in [6, 6.07) is 5.98. The molecule has 2 aliphatic heterocycles. The van der Waals surface area contributed by atoms with E-state index in [2.05, 4.69) is 10.6 Å². The summed E-state index contributed by atoms with van der Waals surface area (Å²) in [5.41, 5.74) is 1.21. The Kier molecular flexibility index (Phi) is 4.32. The average molecular weight is 294 g/mol. The number of aryl methyl sites for hydroxylation is 1. The monoisotopic (exact) mass is 294 g/mol. The number of carbonyl (C=O) groups is 1. The van der Waals surface area contributed by atoms with Crippen molar-refractivity contribution in [2.75, 3.05) is 25.0 Å². The molecule has 5 nitrogen and oxygen atoms in total.